The first-order valence-electron chi connectivity index (χ1n) is 5.94. The van der Waals surface area contributed by atoms with E-state index in [9.17, 15) is 18.0 Å². The summed E-state index contributed by atoms with van der Waals surface area (Å²) in [6.07, 6.45) is -0.320. The molecule has 0 amide bonds. The smallest absolute Gasteiger partial charge is 0.337 e. The molecule has 0 bridgehead atoms. The summed E-state index contributed by atoms with van der Waals surface area (Å²) in [4.78, 5) is 22.2. The lowest BCUT2D eigenvalue weighted by atomic mass is 10.2. The van der Waals surface area contributed by atoms with Gasteiger partial charge in [-0.25, -0.2) is 13.2 Å². The van der Waals surface area contributed by atoms with Crippen molar-refractivity contribution in [3.8, 4) is 0 Å². The van der Waals surface area contributed by atoms with Gasteiger partial charge in [0.05, 0.1) is 30.0 Å². The van der Waals surface area contributed by atoms with E-state index >= 15 is 0 Å². The second-order valence-electron chi connectivity index (χ2n) is 3.97. The quantitative estimate of drug-likeness (QED) is 0.734. The Labute approximate surface area is 126 Å². The largest absolute Gasteiger partial charge is 0.478 e. The summed E-state index contributed by atoms with van der Waals surface area (Å²) in [6.45, 7) is 1.77. The van der Waals surface area contributed by atoms with E-state index < -0.39 is 27.7 Å². The number of aromatic carboxylic acids is 1. The zero-order valence-electron chi connectivity index (χ0n) is 11.1. The predicted octanol–water partition coefficient (Wildman–Crippen LogP) is 1.73. The zero-order valence-corrected chi connectivity index (χ0v) is 12.7. The van der Waals surface area contributed by atoms with Crippen LogP contribution in [-0.4, -0.2) is 37.8 Å². The first-order chi connectivity index (χ1) is 9.75. The Morgan fingerprint density at radius 1 is 1.38 bits per heavy atom. The lowest BCUT2D eigenvalue weighted by Gasteiger charge is -2.10. The number of hydrogen-bond acceptors (Lipinski definition) is 5. The molecule has 0 saturated carbocycles. The molecule has 0 atom stereocenters. The van der Waals surface area contributed by atoms with E-state index in [1.165, 1.54) is 12.1 Å². The minimum Gasteiger partial charge on any atom is -0.478 e. The third kappa shape index (κ3) is 5.60. The number of ether oxygens (including phenoxy) is 1. The fraction of sp³-hybridized carbons (Fsp3) is 0.333. The molecule has 1 rings (SSSR count). The number of anilines is 1. The monoisotopic (exact) mass is 335 g/mol. The summed E-state index contributed by atoms with van der Waals surface area (Å²) in [6, 6.07) is 3.73. The molecular weight excluding hydrogens is 322 g/mol. The van der Waals surface area contributed by atoms with Crippen molar-refractivity contribution in [2.24, 2.45) is 0 Å². The van der Waals surface area contributed by atoms with Crippen LogP contribution in [0.5, 0.6) is 0 Å². The molecule has 0 heterocycles. The number of carboxylic acid groups (broad SMARTS) is 1. The van der Waals surface area contributed by atoms with Gasteiger partial charge in [-0.1, -0.05) is 11.6 Å². The van der Waals surface area contributed by atoms with Gasteiger partial charge in [-0.2, -0.15) is 0 Å². The molecule has 0 unspecified atom stereocenters. The van der Waals surface area contributed by atoms with Crippen LogP contribution in [-0.2, 0) is 19.6 Å². The van der Waals surface area contributed by atoms with Gasteiger partial charge < -0.3 is 9.84 Å². The number of esters is 1. The lowest BCUT2D eigenvalue weighted by molar-refractivity contribution is -0.142. The van der Waals surface area contributed by atoms with Crippen LogP contribution in [0.3, 0.4) is 0 Å². The minimum absolute atomic E-state index is 0.115. The zero-order chi connectivity index (χ0) is 16.0. The number of sulfonamides is 1. The highest BCUT2D eigenvalue weighted by molar-refractivity contribution is 7.92. The van der Waals surface area contributed by atoms with Crippen molar-refractivity contribution in [2.45, 2.75) is 13.3 Å². The van der Waals surface area contributed by atoms with Crippen LogP contribution in [0, 0.1) is 0 Å². The van der Waals surface area contributed by atoms with Crippen LogP contribution in [0.1, 0.15) is 23.7 Å². The van der Waals surface area contributed by atoms with Gasteiger partial charge in [0.25, 0.3) is 0 Å². The average molecular weight is 336 g/mol. The number of carbonyl (C=O) groups is 2. The van der Waals surface area contributed by atoms with E-state index in [0.29, 0.717) is 0 Å². The molecule has 21 heavy (non-hydrogen) atoms. The van der Waals surface area contributed by atoms with Crippen molar-refractivity contribution < 1.29 is 27.9 Å². The molecule has 0 aliphatic carbocycles. The van der Waals surface area contributed by atoms with Gasteiger partial charge in [-0.15, -0.1) is 0 Å². The van der Waals surface area contributed by atoms with Gasteiger partial charge in [0, 0.05) is 5.02 Å². The summed E-state index contributed by atoms with van der Waals surface area (Å²) in [7, 11) is -3.87. The number of nitrogens with one attached hydrogen (secondary N) is 1. The van der Waals surface area contributed by atoms with Crippen molar-refractivity contribution >= 4 is 39.3 Å². The maximum Gasteiger partial charge on any atom is 0.337 e. The Bertz CT molecular complexity index is 643. The molecule has 7 nitrogen and oxygen atoms in total. The molecule has 0 saturated heterocycles. The molecule has 9 heteroatoms. The Morgan fingerprint density at radius 3 is 2.62 bits per heavy atom. The maximum atomic E-state index is 11.8. The molecule has 0 fully saturated rings. The van der Waals surface area contributed by atoms with Gasteiger partial charge in [-0.3, -0.25) is 9.52 Å². The molecule has 0 aliphatic rings. The van der Waals surface area contributed by atoms with Crippen LogP contribution >= 0.6 is 11.6 Å². The average Bonchev–Trinajstić information content (AvgIpc) is 2.38. The van der Waals surface area contributed by atoms with Gasteiger partial charge in [-0.05, 0) is 25.1 Å². The number of carboxylic acids is 1. The van der Waals surface area contributed by atoms with E-state index in [1.807, 2.05) is 0 Å². The predicted molar refractivity (Wildman–Crippen MR) is 77.1 cm³/mol. The van der Waals surface area contributed by atoms with Crippen molar-refractivity contribution in [3.05, 3.63) is 28.8 Å². The fourth-order valence-electron chi connectivity index (χ4n) is 1.45. The molecule has 0 radical (unpaired) electrons. The molecule has 0 spiro atoms. The fourth-order valence-corrected chi connectivity index (χ4v) is 2.67. The van der Waals surface area contributed by atoms with Crippen molar-refractivity contribution in [1.82, 2.24) is 0 Å². The molecule has 116 valence electrons. The molecule has 1 aromatic rings. The summed E-state index contributed by atoms with van der Waals surface area (Å²) < 4.78 is 30.4. The first kappa shape index (κ1) is 17.3. The Balaban J connectivity index is 2.85. The van der Waals surface area contributed by atoms with E-state index in [1.54, 1.807) is 6.92 Å². The van der Waals surface area contributed by atoms with Crippen molar-refractivity contribution in [2.75, 3.05) is 17.1 Å². The standard InChI is InChI=1S/C12H14ClNO6S/c1-2-20-11(15)5-6-21(18,19)14-10-4-3-8(13)7-9(10)12(16)17/h3-4,7,14H,2,5-6H2,1H3,(H,16,17). The molecule has 0 aromatic heterocycles. The van der Waals surface area contributed by atoms with E-state index in [-0.39, 0.29) is 29.3 Å². The molecular formula is C12H14ClNO6S. The van der Waals surface area contributed by atoms with Crippen molar-refractivity contribution in [1.29, 1.82) is 0 Å². The van der Waals surface area contributed by atoms with E-state index in [4.69, 9.17) is 16.7 Å². The number of rotatable bonds is 7. The molecule has 0 aliphatic heterocycles. The SMILES string of the molecule is CCOC(=O)CCS(=O)(=O)Nc1ccc(Cl)cc1C(=O)O. The third-order valence-corrected chi connectivity index (χ3v) is 3.87. The number of carbonyl (C=O) groups excluding carboxylic acids is 1. The highest BCUT2D eigenvalue weighted by Crippen LogP contribution is 2.22. The maximum absolute atomic E-state index is 11.8. The first-order valence-corrected chi connectivity index (χ1v) is 7.97. The topological polar surface area (TPSA) is 110 Å². The number of hydrogen-bond donors (Lipinski definition) is 2. The van der Waals surface area contributed by atoms with Gasteiger partial charge >= 0.3 is 11.9 Å². The Morgan fingerprint density at radius 2 is 2.05 bits per heavy atom. The Hall–Kier alpha value is -1.80. The highest BCUT2D eigenvalue weighted by atomic mass is 35.5. The number of benzene rings is 1. The summed E-state index contributed by atoms with van der Waals surface area (Å²) in [5.41, 5.74) is -0.391. The molecule has 2 N–H and O–H groups in total. The third-order valence-electron chi connectivity index (χ3n) is 2.36. The number of halogens is 1. The normalized spacial score (nSPS) is 11.0. The second kappa shape index (κ2) is 7.28. The summed E-state index contributed by atoms with van der Waals surface area (Å²) in [5.74, 6) is -2.47. The van der Waals surface area contributed by atoms with Crippen molar-refractivity contribution in [3.63, 3.8) is 0 Å². The van der Waals surface area contributed by atoms with Gasteiger partial charge in [0.2, 0.25) is 10.0 Å². The summed E-state index contributed by atoms with van der Waals surface area (Å²) in [5, 5.41) is 9.18. The second-order valence-corrected chi connectivity index (χ2v) is 6.25. The van der Waals surface area contributed by atoms with Gasteiger partial charge in [0.1, 0.15) is 0 Å². The van der Waals surface area contributed by atoms with Crippen LogP contribution in [0.15, 0.2) is 18.2 Å². The highest BCUT2D eigenvalue weighted by Gasteiger charge is 2.18. The van der Waals surface area contributed by atoms with E-state index in [2.05, 4.69) is 9.46 Å². The lowest BCUT2D eigenvalue weighted by Crippen LogP contribution is -2.21. The van der Waals surface area contributed by atoms with Crippen LogP contribution < -0.4 is 4.72 Å². The molecule has 1 aromatic carbocycles. The van der Waals surface area contributed by atoms with Crippen LogP contribution in [0.4, 0.5) is 5.69 Å². The van der Waals surface area contributed by atoms with Gasteiger partial charge in [0.15, 0.2) is 0 Å². The summed E-state index contributed by atoms with van der Waals surface area (Å²) >= 11 is 5.67. The van der Waals surface area contributed by atoms with Crippen LogP contribution in [0.2, 0.25) is 5.02 Å². The minimum atomic E-state index is -3.87. The van der Waals surface area contributed by atoms with E-state index in [0.717, 1.165) is 6.07 Å². The Kier molecular flexibility index (Phi) is 5.98. The van der Waals surface area contributed by atoms with Crippen LogP contribution in [0.25, 0.3) is 0 Å².